The molecule has 0 radical (unpaired) electrons. The minimum Gasteiger partial charge on any atom is -0.324 e. The number of aldehydes is 1. The van der Waals surface area contributed by atoms with Crippen LogP contribution in [0.2, 0.25) is 0 Å². The van der Waals surface area contributed by atoms with E-state index in [-0.39, 0.29) is 12.1 Å². The van der Waals surface area contributed by atoms with E-state index >= 15 is 0 Å². The fourth-order valence-corrected chi connectivity index (χ4v) is 1.05. The van der Waals surface area contributed by atoms with Gasteiger partial charge in [-0.2, -0.15) is 0 Å². The van der Waals surface area contributed by atoms with E-state index in [0.717, 1.165) is 6.29 Å². The van der Waals surface area contributed by atoms with Crippen molar-refractivity contribution in [2.45, 2.75) is 24.3 Å². The van der Waals surface area contributed by atoms with Gasteiger partial charge in [-0.3, -0.25) is 16.8 Å². The Labute approximate surface area is 58.9 Å². The lowest BCUT2D eigenvalue weighted by molar-refractivity contribution is -0.109. The van der Waals surface area contributed by atoms with E-state index < -0.39 is 5.79 Å². The van der Waals surface area contributed by atoms with Gasteiger partial charge in [0.15, 0.2) is 0 Å². The summed E-state index contributed by atoms with van der Waals surface area (Å²) in [5.74, 6) is -1.08. The van der Waals surface area contributed by atoms with Gasteiger partial charge in [0.2, 0.25) is 0 Å². The van der Waals surface area contributed by atoms with Crippen molar-refractivity contribution >= 4 is 6.29 Å². The van der Waals surface area contributed by atoms with Gasteiger partial charge in [-0.1, -0.05) is 0 Å². The molecule has 0 aliphatic carbocycles. The maximum Gasteiger partial charge on any atom is 0.137 e. The summed E-state index contributed by atoms with van der Waals surface area (Å²) in [7, 11) is 0. The standard InChI is InChI=1S/C5H12N4O/c6-4-1-3(2-10)9-5(4,7)8/h2-4,9H,1,6-8H2. The molecule has 5 nitrogen and oxygen atoms in total. The zero-order valence-electron chi connectivity index (χ0n) is 5.58. The van der Waals surface area contributed by atoms with Crippen LogP contribution in [-0.2, 0) is 4.79 Å². The van der Waals surface area contributed by atoms with Crippen LogP contribution in [0.3, 0.4) is 0 Å². The van der Waals surface area contributed by atoms with Gasteiger partial charge in [0.1, 0.15) is 12.1 Å². The second-order valence-electron chi connectivity index (χ2n) is 2.66. The Morgan fingerprint density at radius 1 is 1.60 bits per heavy atom. The average molecular weight is 144 g/mol. The molecule has 0 spiro atoms. The van der Waals surface area contributed by atoms with Gasteiger partial charge < -0.3 is 10.5 Å². The fraction of sp³-hybridized carbons (Fsp3) is 0.800. The average Bonchev–Trinajstić information content (AvgIpc) is 2.08. The number of carbonyl (C=O) groups is 1. The van der Waals surface area contributed by atoms with Gasteiger partial charge >= 0.3 is 0 Å². The number of carbonyl (C=O) groups excluding carboxylic acids is 1. The zero-order chi connectivity index (χ0) is 7.78. The highest BCUT2D eigenvalue weighted by Crippen LogP contribution is 2.10. The van der Waals surface area contributed by atoms with Crippen LogP contribution in [0.5, 0.6) is 0 Å². The molecule has 7 N–H and O–H groups in total. The van der Waals surface area contributed by atoms with E-state index in [9.17, 15) is 4.79 Å². The van der Waals surface area contributed by atoms with Crippen molar-refractivity contribution in [3.05, 3.63) is 0 Å². The highest BCUT2D eigenvalue weighted by atomic mass is 16.1. The molecular weight excluding hydrogens is 132 g/mol. The van der Waals surface area contributed by atoms with Gasteiger partial charge in [-0.05, 0) is 6.42 Å². The van der Waals surface area contributed by atoms with Crippen molar-refractivity contribution in [2.75, 3.05) is 0 Å². The van der Waals surface area contributed by atoms with E-state index in [2.05, 4.69) is 5.32 Å². The Balaban J connectivity index is 2.61. The van der Waals surface area contributed by atoms with Gasteiger partial charge in [0.05, 0.1) is 12.1 Å². The van der Waals surface area contributed by atoms with Crippen LogP contribution in [0, 0.1) is 0 Å². The Morgan fingerprint density at radius 2 is 2.20 bits per heavy atom. The number of nitrogens with one attached hydrogen (secondary N) is 1. The highest BCUT2D eigenvalue weighted by molar-refractivity contribution is 5.58. The molecule has 0 aromatic rings. The molecular formula is C5H12N4O. The number of rotatable bonds is 1. The Morgan fingerprint density at radius 3 is 2.40 bits per heavy atom. The Bertz CT molecular complexity index is 147. The smallest absolute Gasteiger partial charge is 0.137 e. The van der Waals surface area contributed by atoms with Crippen molar-refractivity contribution < 1.29 is 4.79 Å². The normalized spacial score (nSPS) is 37.9. The van der Waals surface area contributed by atoms with Crippen LogP contribution in [0.4, 0.5) is 0 Å². The molecule has 0 amide bonds. The number of nitrogens with two attached hydrogens (primary N) is 3. The molecule has 5 heteroatoms. The molecule has 1 aliphatic heterocycles. The maximum absolute atomic E-state index is 10.2. The van der Waals surface area contributed by atoms with Crippen LogP contribution in [0.25, 0.3) is 0 Å². The van der Waals surface area contributed by atoms with Crippen LogP contribution in [0.15, 0.2) is 0 Å². The van der Waals surface area contributed by atoms with E-state index in [0.29, 0.717) is 6.42 Å². The second-order valence-corrected chi connectivity index (χ2v) is 2.66. The molecule has 1 rings (SSSR count). The van der Waals surface area contributed by atoms with Crippen molar-refractivity contribution in [1.82, 2.24) is 5.32 Å². The maximum atomic E-state index is 10.2. The topological polar surface area (TPSA) is 107 Å². The first-order chi connectivity index (χ1) is 4.56. The lowest BCUT2D eigenvalue weighted by Gasteiger charge is -2.22. The van der Waals surface area contributed by atoms with E-state index in [1.165, 1.54) is 0 Å². The number of hydrogen-bond donors (Lipinski definition) is 4. The third kappa shape index (κ3) is 1.17. The largest absolute Gasteiger partial charge is 0.324 e. The molecule has 1 aliphatic rings. The minimum absolute atomic E-state index is 0.287. The first-order valence-corrected chi connectivity index (χ1v) is 3.12. The molecule has 0 aromatic carbocycles. The van der Waals surface area contributed by atoms with Gasteiger partial charge in [-0.25, -0.2) is 0 Å². The highest BCUT2D eigenvalue weighted by Gasteiger charge is 2.38. The Hall–Kier alpha value is -0.490. The van der Waals surface area contributed by atoms with Crippen LogP contribution >= 0.6 is 0 Å². The lowest BCUT2D eigenvalue weighted by Crippen LogP contribution is -2.67. The predicted molar refractivity (Wildman–Crippen MR) is 36.7 cm³/mol. The van der Waals surface area contributed by atoms with Crippen LogP contribution < -0.4 is 22.5 Å². The molecule has 2 unspecified atom stereocenters. The van der Waals surface area contributed by atoms with Crippen molar-refractivity contribution in [3.63, 3.8) is 0 Å². The summed E-state index contributed by atoms with van der Waals surface area (Å²) < 4.78 is 0. The van der Waals surface area contributed by atoms with Crippen molar-refractivity contribution in [1.29, 1.82) is 0 Å². The summed E-state index contributed by atoms with van der Waals surface area (Å²) in [5.41, 5.74) is 16.4. The quantitative estimate of drug-likeness (QED) is 0.239. The molecule has 0 bridgehead atoms. The van der Waals surface area contributed by atoms with Crippen LogP contribution in [-0.4, -0.2) is 24.2 Å². The predicted octanol–water partition coefficient (Wildman–Crippen LogP) is -2.55. The van der Waals surface area contributed by atoms with Crippen molar-refractivity contribution in [2.24, 2.45) is 17.2 Å². The summed E-state index contributed by atoms with van der Waals surface area (Å²) in [6.07, 6.45) is 1.28. The molecule has 1 saturated heterocycles. The van der Waals surface area contributed by atoms with E-state index in [1.807, 2.05) is 0 Å². The van der Waals surface area contributed by atoms with Gasteiger partial charge in [-0.15, -0.1) is 0 Å². The van der Waals surface area contributed by atoms with E-state index in [1.54, 1.807) is 0 Å². The van der Waals surface area contributed by atoms with E-state index in [4.69, 9.17) is 17.2 Å². The lowest BCUT2D eigenvalue weighted by atomic mass is 10.1. The SMILES string of the molecule is NC1CC(C=O)NC1(N)N. The van der Waals surface area contributed by atoms with Gasteiger partial charge in [0, 0.05) is 0 Å². The van der Waals surface area contributed by atoms with Gasteiger partial charge in [0.25, 0.3) is 0 Å². The third-order valence-corrected chi connectivity index (χ3v) is 1.72. The van der Waals surface area contributed by atoms with Crippen molar-refractivity contribution in [3.8, 4) is 0 Å². The molecule has 0 aromatic heterocycles. The zero-order valence-corrected chi connectivity index (χ0v) is 5.58. The molecule has 2 atom stereocenters. The summed E-state index contributed by atoms with van der Waals surface area (Å²) in [6, 6.07) is -0.632. The summed E-state index contributed by atoms with van der Waals surface area (Å²) in [4.78, 5) is 10.2. The molecule has 1 fully saturated rings. The second kappa shape index (κ2) is 2.28. The number of hydrogen-bond acceptors (Lipinski definition) is 5. The minimum atomic E-state index is -1.08. The summed E-state index contributed by atoms with van der Waals surface area (Å²) in [6.45, 7) is 0. The first kappa shape index (κ1) is 7.62. The third-order valence-electron chi connectivity index (χ3n) is 1.72. The fourth-order valence-electron chi connectivity index (χ4n) is 1.05. The monoisotopic (exact) mass is 144 g/mol. The summed E-state index contributed by atoms with van der Waals surface area (Å²) in [5, 5.41) is 2.69. The molecule has 1 heterocycles. The summed E-state index contributed by atoms with van der Waals surface area (Å²) >= 11 is 0. The molecule has 0 saturated carbocycles. The molecule has 58 valence electrons. The molecule has 10 heavy (non-hydrogen) atoms. The first-order valence-electron chi connectivity index (χ1n) is 3.12. The van der Waals surface area contributed by atoms with Crippen LogP contribution in [0.1, 0.15) is 6.42 Å². The Kier molecular flexibility index (Phi) is 1.74.